The van der Waals surface area contributed by atoms with Crippen molar-refractivity contribution in [2.75, 3.05) is 26.2 Å². The number of nitrogens with two attached hydrogens (primary N) is 7. The van der Waals surface area contributed by atoms with Crippen LogP contribution in [0.1, 0.15) is 150 Å². The standard InChI is InChI=1S/C65H96N15O15P.CN.Co/c1-31-22-41-42(23-32(31)2)80(30-75-41)59-54(88)55(43(93-59)29-92-60(89)73-21-20-66)95-96(90,91)94-33(3)28-74-51(87)18-19-62(8)39(24-48(70)84)58-65(11)64(10,27-50(72)86)38(14-17-47(69)83)53(79-65)35(5)57-63(9,26-49(71)85)36(12-15-45(67)81)40(76-57)25-44-61(6,7)37(13-16-46(68)82)52(77-44)34(4)56(62)78-58;1-2;/h22-23,25,30,33,36-39,43,54-55,58-59,88H,12-21,24,26-29,66H2,1-11H3,(H16,67,68,69,70,71,72,73,74,76,77,78,79,81,82,83,84,85,86,87,89,90,91);;/q;-1;+3/p-2/t33-,36-,37-,38-,39+,43-,54-,55-,58-,59+,62-,63+,64+,65+;;/m1../s1. The number of fused-ring (bicyclic) bond motifs is 7. The molecule has 0 aliphatic carbocycles. The molecule has 8 rings (SSSR count). The number of phosphoric acid groups is 1. The summed E-state index contributed by atoms with van der Waals surface area (Å²) in [6.07, 6.45) is -6.21. The Labute approximate surface area is 585 Å². The number of primary amides is 6. The van der Waals surface area contributed by atoms with Crippen LogP contribution >= 0.6 is 7.82 Å². The molecule has 8 amide bonds. The van der Waals surface area contributed by atoms with Gasteiger partial charge in [-0.25, -0.2) is 9.78 Å². The van der Waals surface area contributed by atoms with Gasteiger partial charge in [0, 0.05) is 127 Å². The van der Waals surface area contributed by atoms with Crippen LogP contribution in [0, 0.1) is 71.0 Å². The molecule has 542 valence electrons. The molecule has 31 nitrogen and oxygen atoms in total. The molecule has 0 saturated carbocycles. The molecule has 2 saturated heterocycles. The number of benzene rings is 1. The maximum absolute atomic E-state index is 14.5. The third-order valence-electron chi connectivity index (χ3n) is 21.1. The number of aliphatic hydroxyl groups excluding tert-OH is 1. The van der Waals surface area contributed by atoms with Crippen LogP contribution in [0.2, 0.25) is 0 Å². The number of nitrogens with zero attached hydrogens (tertiary/aromatic N) is 7. The second kappa shape index (κ2) is 31.4. The number of aliphatic imine (C=N–C) groups is 3. The van der Waals surface area contributed by atoms with Crippen LogP contribution in [0.5, 0.6) is 0 Å². The third-order valence-corrected chi connectivity index (χ3v) is 22.2. The number of aromatic nitrogens is 2. The number of aliphatic hydroxyl groups is 1. The van der Waals surface area contributed by atoms with Gasteiger partial charge in [-0.1, -0.05) is 47.1 Å². The van der Waals surface area contributed by atoms with Crippen molar-refractivity contribution < 1.29 is 88.2 Å². The number of aryl methyl sites for hydroxylation is 2. The number of hydrogen-bond acceptors (Lipinski definition) is 21. The number of hydrogen-bond donors (Lipinski definition) is 10. The Morgan fingerprint density at radius 1 is 0.798 bits per heavy atom. The predicted octanol–water partition coefficient (Wildman–Crippen LogP) is 3.10. The minimum absolute atomic E-state index is 0. The van der Waals surface area contributed by atoms with Crippen LogP contribution in [-0.4, -0.2) is 141 Å². The van der Waals surface area contributed by atoms with Crippen LogP contribution in [-0.2, 0) is 73.4 Å². The number of carbonyl (C=O) groups is 8. The average Bonchev–Trinajstić information content (AvgIpc) is 1.53. The fraction of sp³-hybridized carbons (Fsp3) is 0.621. The van der Waals surface area contributed by atoms with E-state index in [-0.39, 0.29) is 100 Å². The van der Waals surface area contributed by atoms with E-state index in [1.54, 1.807) is 13.8 Å². The molecule has 2 fully saturated rings. The molecule has 7 heterocycles. The van der Waals surface area contributed by atoms with Crippen molar-refractivity contribution in [3.05, 3.63) is 75.8 Å². The summed E-state index contributed by atoms with van der Waals surface area (Å²) in [6.45, 7) is 23.9. The molecule has 0 spiro atoms. The Hall–Kier alpha value is -7.73. The van der Waals surface area contributed by atoms with Crippen molar-refractivity contribution in [2.24, 2.45) is 100 Å². The van der Waals surface area contributed by atoms with Gasteiger partial charge in [-0.3, -0.25) is 53.1 Å². The number of rotatable bonds is 29. The largest absolute Gasteiger partial charge is 3.00 e. The van der Waals surface area contributed by atoms with E-state index in [0.29, 0.717) is 56.4 Å². The molecule has 1 aromatic carbocycles. The van der Waals surface area contributed by atoms with E-state index in [1.165, 1.54) is 17.8 Å². The molecule has 1 unspecified atom stereocenters. The molecular weight excluding hydrogens is 1350 g/mol. The topological polar surface area (TPSA) is 533 Å². The van der Waals surface area contributed by atoms with Crippen molar-refractivity contribution in [3.8, 4) is 0 Å². The Morgan fingerprint density at radius 2 is 1.39 bits per heavy atom. The van der Waals surface area contributed by atoms with Gasteiger partial charge in [0.15, 0.2) is 6.23 Å². The zero-order chi connectivity index (χ0) is 73.1. The summed E-state index contributed by atoms with van der Waals surface area (Å²) < 4.78 is 38.0. The van der Waals surface area contributed by atoms with E-state index in [1.807, 2.05) is 73.6 Å². The fourth-order valence-corrected chi connectivity index (χ4v) is 16.8. The zero-order valence-electron chi connectivity index (χ0n) is 57.8. The minimum atomic E-state index is -5.43. The Morgan fingerprint density at radius 3 is 1.98 bits per heavy atom. The van der Waals surface area contributed by atoms with Crippen LogP contribution < -0.4 is 55.7 Å². The first-order valence-electron chi connectivity index (χ1n) is 32.6. The molecule has 2 aromatic rings. The van der Waals surface area contributed by atoms with E-state index in [0.717, 1.165) is 11.1 Å². The molecule has 8 bridgehead atoms. The maximum Gasteiger partial charge on any atom is 3.00 e. The molecule has 6 aliphatic rings. The van der Waals surface area contributed by atoms with Gasteiger partial charge in [-0.2, -0.15) is 5.70 Å². The normalized spacial score (nSPS) is 31.7. The van der Waals surface area contributed by atoms with Crippen molar-refractivity contribution in [1.82, 2.24) is 20.2 Å². The van der Waals surface area contributed by atoms with Gasteiger partial charge in [0.1, 0.15) is 24.9 Å². The Kier molecular flexibility index (Phi) is 25.5. The van der Waals surface area contributed by atoms with Gasteiger partial charge in [-0.15, -0.1) is 0 Å². The fourth-order valence-electron chi connectivity index (χ4n) is 15.7. The van der Waals surface area contributed by atoms with Crippen molar-refractivity contribution in [3.63, 3.8) is 0 Å². The van der Waals surface area contributed by atoms with Gasteiger partial charge in [0.05, 0.1) is 23.5 Å². The van der Waals surface area contributed by atoms with Crippen LogP contribution in [0.15, 0.2) is 67.8 Å². The Balaban J connectivity index is 0.00000510. The minimum Gasteiger partial charge on any atom is -0.756 e. The van der Waals surface area contributed by atoms with E-state index in [9.17, 15) is 52.9 Å². The monoisotopic (exact) mass is 1440 g/mol. The van der Waals surface area contributed by atoms with E-state index >= 15 is 0 Å². The van der Waals surface area contributed by atoms with Crippen molar-refractivity contribution in [2.45, 2.75) is 189 Å². The summed E-state index contributed by atoms with van der Waals surface area (Å²) in [5.41, 5.74) is 42.0. The summed E-state index contributed by atoms with van der Waals surface area (Å²) in [5, 5.41) is 28.9. The van der Waals surface area contributed by atoms with Crippen LogP contribution in [0.3, 0.4) is 0 Å². The van der Waals surface area contributed by atoms with Gasteiger partial charge >= 0.3 is 22.9 Å². The number of alkyl carbamates (subject to hydrolysis) is 1. The molecule has 33 heteroatoms. The molecule has 1 aromatic heterocycles. The molecular formula is C66H94CoN16O15P. The first-order chi connectivity index (χ1) is 45.7. The average molecular weight is 1440 g/mol. The third kappa shape index (κ3) is 16.5. The number of phosphoric ester groups is 1. The molecule has 0 radical (unpaired) electrons. The number of nitrogens with one attached hydrogen (secondary N) is 2. The Bertz CT molecular complexity index is 3790. The van der Waals surface area contributed by atoms with E-state index in [2.05, 4.69) is 15.6 Å². The summed E-state index contributed by atoms with van der Waals surface area (Å²) >= 11 is 0. The van der Waals surface area contributed by atoms with Crippen molar-refractivity contribution in [1.29, 1.82) is 5.26 Å². The number of imidazole rings is 1. The summed E-state index contributed by atoms with van der Waals surface area (Å²) in [4.78, 5) is 141. The molecule has 6 aliphatic heterocycles. The van der Waals surface area contributed by atoms with Crippen molar-refractivity contribution >= 4 is 83.4 Å². The summed E-state index contributed by atoms with van der Waals surface area (Å²) in [5.74, 6) is -7.54. The van der Waals surface area contributed by atoms with E-state index in [4.69, 9.17) is 90.8 Å². The molecule has 17 N–H and O–H groups in total. The summed E-state index contributed by atoms with van der Waals surface area (Å²) in [6, 6.07) is 2.60. The summed E-state index contributed by atoms with van der Waals surface area (Å²) in [7, 11) is -5.43. The zero-order valence-corrected chi connectivity index (χ0v) is 59.7. The second-order valence-electron chi connectivity index (χ2n) is 28.1. The molecule has 15 atom stereocenters. The van der Waals surface area contributed by atoms with Gasteiger partial charge in [0.25, 0.3) is 7.82 Å². The van der Waals surface area contributed by atoms with Crippen LogP contribution in [0.4, 0.5) is 4.79 Å². The van der Waals surface area contributed by atoms with Gasteiger partial charge in [0.2, 0.25) is 41.4 Å². The number of ether oxygens (including phenoxy) is 2. The maximum atomic E-state index is 14.5. The number of amides is 8. The first kappa shape index (κ1) is 80.2. The SMILES string of the molecule is C/C1=C2N=C(/C=C3N=C(/C(C)=C4\[N-][C@@](C)([C@@H]5N=C1[C@](C)(CCC(=O)NC[C@@H](C)OP(=O)([O-])O[C@H]1[C@@H](O)[C@@H](n6cnc7cc(C)c(C)cc76)O[C@@H]1COC(=O)NCCN)[C@H]5CC(N)=O)[C@@](C)(CC(N)=O)[C@@H]4CCC(N)=O)[C@@](C)(CC(N)=O)[C@@H]\3CCC(N)=O)C(C)(C)[C@@H]/2CCC(N)=O.[C-]#N.[Co+3]. The van der Waals surface area contributed by atoms with Crippen LogP contribution in [0.25, 0.3) is 16.4 Å². The second-order valence-corrected chi connectivity index (χ2v) is 29.4. The first-order valence-corrected chi connectivity index (χ1v) is 34.1. The number of allylic oxidation sites excluding steroid dienone is 6. The van der Waals surface area contributed by atoms with Gasteiger partial charge < -0.3 is 101 Å². The molecule has 99 heavy (non-hydrogen) atoms. The number of carbonyl (C=O) groups excluding carboxylic acids is 8. The smallest absolute Gasteiger partial charge is 0.756 e. The van der Waals surface area contributed by atoms with Gasteiger partial charge in [-0.05, 0) is 118 Å². The quantitative estimate of drug-likeness (QED) is 0.0413. The predicted molar refractivity (Wildman–Crippen MR) is 358 cm³/mol. The van der Waals surface area contributed by atoms with E-state index < -0.39 is 156 Å².